The summed E-state index contributed by atoms with van der Waals surface area (Å²) >= 11 is 0. The van der Waals surface area contributed by atoms with Crippen LogP contribution in [0.25, 0.3) is 0 Å². The first-order valence-electron chi connectivity index (χ1n) is 5.92. The van der Waals surface area contributed by atoms with Crippen LogP contribution < -0.4 is 5.84 Å². The third-order valence-corrected chi connectivity index (χ3v) is 3.53. The van der Waals surface area contributed by atoms with Crippen LogP contribution in [0.1, 0.15) is 33.1 Å². The number of rotatable bonds is 2. The maximum atomic E-state index is 5.96. The summed E-state index contributed by atoms with van der Waals surface area (Å²) < 4.78 is 0. The quantitative estimate of drug-likeness (QED) is 0.672. The van der Waals surface area contributed by atoms with Crippen LogP contribution in [-0.2, 0) is 0 Å². The minimum atomic E-state index is 0.709. The topological polar surface area (TPSA) is 32.5 Å². The molecule has 0 spiro atoms. The Labute approximate surface area is 87.2 Å². The Bertz CT molecular complexity index is 191. The van der Waals surface area contributed by atoms with Crippen LogP contribution in [0, 0.1) is 5.92 Å². The molecule has 3 heteroatoms. The van der Waals surface area contributed by atoms with Crippen molar-refractivity contribution in [3.8, 4) is 0 Å². The van der Waals surface area contributed by atoms with E-state index in [9.17, 15) is 0 Å². The van der Waals surface area contributed by atoms with Gasteiger partial charge in [0.15, 0.2) is 0 Å². The van der Waals surface area contributed by atoms with E-state index in [-0.39, 0.29) is 0 Å². The van der Waals surface area contributed by atoms with E-state index in [1.165, 1.54) is 25.8 Å². The highest BCUT2D eigenvalue weighted by Gasteiger charge is 2.36. The van der Waals surface area contributed by atoms with Gasteiger partial charge in [-0.25, -0.2) is 5.01 Å². The van der Waals surface area contributed by atoms with Gasteiger partial charge in [-0.3, -0.25) is 10.7 Å². The molecule has 0 saturated carbocycles. The van der Waals surface area contributed by atoms with E-state index in [0.29, 0.717) is 6.04 Å². The van der Waals surface area contributed by atoms with Gasteiger partial charge >= 0.3 is 0 Å². The van der Waals surface area contributed by atoms with Crippen molar-refractivity contribution >= 4 is 0 Å². The summed E-state index contributed by atoms with van der Waals surface area (Å²) in [5.41, 5.74) is 0. The molecule has 0 aliphatic carbocycles. The van der Waals surface area contributed by atoms with E-state index in [0.717, 1.165) is 25.0 Å². The van der Waals surface area contributed by atoms with Crippen molar-refractivity contribution in [2.45, 2.75) is 45.2 Å². The number of piperazine rings is 1. The van der Waals surface area contributed by atoms with Gasteiger partial charge in [0.1, 0.15) is 0 Å². The highest BCUT2D eigenvalue weighted by atomic mass is 15.5. The SMILES string of the molecule is CC(C)CC1CN(N)CC2CCCN21. The first kappa shape index (κ1) is 10.4. The Morgan fingerprint density at radius 2 is 2.14 bits per heavy atom. The largest absolute Gasteiger partial charge is 0.295 e. The van der Waals surface area contributed by atoms with Crippen LogP contribution in [0.3, 0.4) is 0 Å². The second-order valence-electron chi connectivity index (χ2n) is 5.27. The highest BCUT2D eigenvalue weighted by molar-refractivity contribution is 4.91. The van der Waals surface area contributed by atoms with E-state index in [2.05, 4.69) is 18.7 Å². The molecule has 3 nitrogen and oxygen atoms in total. The summed E-state index contributed by atoms with van der Waals surface area (Å²) in [6, 6.07) is 1.46. The highest BCUT2D eigenvalue weighted by Crippen LogP contribution is 2.27. The zero-order valence-electron chi connectivity index (χ0n) is 9.45. The number of nitrogens with zero attached hydrogens (tertiary/aromatic N) is 2. The molecule has 82 valence electrons. The maximum absolute atomic E-state index is 5.96. The Morgan fingerprint density at radius 3 is 2.86 bits per heavy atom. The summed E-state index contributed by atoms with van der Waals surface area (Å²) in [5, 5.41) is 2.03. The number of hydrogen-bond donors (Lipinski definition) is 1. The molecule has 0 aromatic carbocycles. The van der Waals surface area contributed by atoms with Crippen molar-refractivity contribution in [2.24, 2.45) is 11.8 Å². The fourth-order valence-corrected chi connectivity index (χ4v) is 3.01. The van der Waals surface area contributed by atoms with Crippen LogP contribution in [0.4, 0.5) is 0 Å². The first-order chi connectivity index (χ1) is 6.66. The second kappa shape index (κ2) is 4.17. The molecule has 0 bridgehead atoms. The van der Waals surface area contributed by atoms with Crippen molar-refractivity contribution in [3.05, 3.63) is 0 Å². The van der Waals surface area contributed by atoms with Crippen molar-refractivity contribution in [1.29, 1.82) is 0 Å². The molecule has 0 aromatic heterocycles. The predicted octanol–water partition coefficient (Wildman–Crippen LogP) is 1.05. The van der Waals surface area contributed by atoms with Gasteiger partial charge in [-0.2, -0.15) is 0 Å². The zero-order valence-corrected chi connectivity index (χ0v) is 9.45. The fourth-order valence-electron chi connectivity index (χ4n) is 3.01. The van der Waals surface area contributed by atoms with Crippen LogP contribution >= 0.6 is 0 Å². The lowest BCUT2D eigenvalue weighted by molar-refractivity contribution is 0.0404. The minimum absolute atomic E-state index is 0.709. The summed E-state index contributed by atoms with van der Waals surface area (Å²) in [4.78, 5) is 2.70. The lowest BCUT2D eigenvalue weighted by atomic mass is 9.99. The average Bonchev–Trinajstić information content (AvgIpc) is 2.50. The molecule has 14 heavy (non-hydrogen) atoms. The summed E-state index contributed by atoms with van der Waals surface area (Å²) in [5.74, 6) is 6.75. The zero-order chi connectivity index (χ0) is 10.1. The van der Waals surface area contributed by atoms with Gasteiger partial charge in [0.05, 0.1) is 0 Å². The van der Waals surface area contributed by atoms with Crippen LogP contribution in [0.5, 0.6) is 0 Å². The fraction of sp³-hybridized carbons (Fsp3) is 1.00. The number of nitrogens with two attached hydrogens (primary N) is 1. The molecule has 2 N–H and O–H groups in total. The number of fused-ring (bicyclic) bond motifs is 1. The van der Waals surface area contributed by atoms with Gasteiger partial charge in [0.2, 0.25) is 0 Å². The normalized spacial score (nSPS) is 35.1. The molecule has 0 amide bonds. The van der Waals surface area contributed by atoms with E-state index < -0.39 is 0 Å². The molecule has 2 aliphatic rings. The van der Waals surface area contributed by atoms with Gasteiger partial charge in [0, 0.05) is 25.2 Å². The standard InChI is InChI=1S/C11H23N3/c1-9(2)6-11-8-13(12)7-10-4-3-5-14(10)11/h9-11H,3-8,12H2,1-2H3. The minimum Gasteiger partial charge on any atom is -0.295 e. The van der Waals surface area contributed by atoms with Gasteiger partial charge in [-0.1, -0.05) is 13.8 Å². The smallest absolute Gasteiger partial charge is 0.0285 e. The van der Waals surface area contributed by atoms with E-state index in [1.807, 2.05) is 5.01 Å². The number of hydrazine groups is 1. The molecule has 2 fully saturated rings. The maximum Gasteiger partial charge on any atom is 0.0285 e. The van der Waals surface area contributed by atoms with Crippen LogP contribution in [-0.4, -0.2) is 41.6 Å². The van der Waals surface area contributed by atoms with E-state index in [4.69, 9.17) is 5.84 Å². The van der Waals surface area contributed by atoms with Crippen molar-refractivity contribution in [3.63, 3.8) is 0 Å². The van der Waals surface area contributed by atoms with Crippen LogP contribution in [0.15, 0.2) is 0 Å². The summed E-state index contributed by atoms with van der Waals surface area (Å²) in [6.45, 7) is 8.06. The lowest BCUT2D eigenvalue weighted by Gasteiger charge is -2.42. The number of hydrogen-bond acceptors (Lipinski definition) is 3. The predicted molar refractivity (Wildman–Crippen MR) is 58.7 cm³/mol. The summed E-state index contributed by atoms with van der Waals surface area (Å²) in [7, 11) is 0. The van der Waals surface area contributed by atoms with Gasteiger partial charge in [-0.05, 0) is 31.7 Å². The van der Waals surface area contributed by atoms with Gasteiger partial charge in [0.25, 0.3) is 0 Å². The molecule has 2 rings (SSSR count). The monoisotopic (exact) mass is 197 g/mol. The third-order valence-electron chi connectivity index (χ3n) is 3.53. The average molecular weight is 197 g/mol. The van der Waals surface area contributed by atoms with Crippen molar-refractivity contribution in [1.82, 2.24) is 9.91 Å². The third kappa shape index (κ3) is 2.10. The van der Waals surface area contributed by atoms with Crippen molar-refractivity contribution < 1.29 is 0 Å². The molecule has 2 saturated heterocycles. The van der Waals surface area contributed by atoms with E-state index >= 15 is 0 Å². The molecule has 0 aromatic rings. The molecular weight excluding hydrogens is 174 g/mol. The Morgan fingerprint density at radius 1 is 1.36 bits per heavy atom. The molecule has 2 atom stereocenters. The van der Waals surface area contributed by atoms with Crippen LogP contribution in [0.2, 0.25) is 0 Å². The molecule has 0 radical (unpaired) electrons. The Hall–Kier alpha value is -0.120. The summed E-state index contributed by atoms with van der Waals surface area (Å²) in [6.07, 6.45) is 4.01. The van der Waals surface area contributed by atoms with E-state index in [1.54, 1.807) is 0 Å². The first-order valence-corrected chi connectivity index (χ1v) is 5.92. The second-order valence-corrected chi connectivity index (χ2v) is 5.27. The molecular formula is C11H23N3. The molecule has 2 aliphatic heterocycles. The lowest BCUT2D eigenvalue weighted by Crippen LogP contribution is -2.58. The molecule has 2 unspecified atom stereocenters. The Balaban J connectivity index is 1.99. The van der Waals surface area contributed by atoms with Gasteiger partial charge < -0.3 is 0 Å². The Kier molecular flexibility index (Phi) is 3.10. The van der Waals surface area contributed by atoms with Gasteiger partial charge in [-0.15, -0.1) is 0 Å². The van der Waals surface area contributed by atoms with Crippen molar-refractivity contribution in [2.75, 3.05) is 19.6 Å². The molecule has 2 heterocycles.